The Morgan fingerprint density at radius 1 is 1.04 bits per heavy atom. The topological polar surface area (TPSA) is 51.0 Å². The van der Waals surface area contributed by atoms with Crippen molar-refractivity contribution in [1.82, 2.24) is 19.7 Å². The van der Waals surface area contributed by atoms with E-state index in [-0.39, 0.29) is 12.0 Å². The number of hydrogen-bond acceptors (Lipinski definition) is 3. The molecule has 3 heterocycles. The van der Waals surface area contributed by atoms with Gasteiger partial charge < -0.3 is 4.90 Å². The molecular formula is C21H28N4O. The van der Waals surface area contributed by atoms with E-state index < -0.39 is 0 Å². The van der Waals surface area contributed by atoms with Crippen LogP contribution >= 0.6 is 0 Å². The molecule has 2 fully saturated rings. The van der Waals surface area contributed by atoms with E-state index in [1.54, 1.807) is 0 Å². The van der Waals surface area contributed by atoms with Gasteiger partial charge in [0, 0.05) is 43.7 Å². The van der Waals surface area contributed by atoms with Crippen LogP contribution in [0.25, 0.3) is 11.1 Å². The molecule has 1 saturated heterocycles. The number of amides is 1. The van der Waals surface area contributed by atoms with Gasteiger partial charge in [-0.25, -0.2) is 0 Å². The summed E-state index contributed by atoms with van der Waals surface area (Å²) >= 11 is 0. The number of pyridine rings is 1. The number of carbonyl (C=O) groups excluding carboxylic acids is 1. The average Bonchev–Trinajstić information content (AvgIpc) is 3.10. The summed E-state index contributed by atoms with van der Waals surface area (Å²) in [5.74, 6) is 0.582. The first-order valence-corrected chi connectivity index (χ1v) is 9.98. The van der Waals surface area contributed by atoms with E-state index in [0.717, 1.165) is 55.5 Å². The van der Waals surface area contributed by atoms with Crippen LogP contribution in [0.2, 0.25) is 0 Å². The fraction of sp³-hybridized carbons (Fsp3) is 0.571. The second-order valence-corrected chi connectivity index (χ2v) is 7.72. The molecule has 26 heavy (non-hydrogen) atoms. The number of carbonyl (C=O) groups is 1. The van der Waals surface area contributed by atoms with Gasteiger partial charge >= 0.3 is 0 Å². The largest absolute Gasteiger partial charge is 0.334 e. The molecule has 2 aliphatic rings. The predicted molar refractivity (Wildman–Crippen MR) is 101 cm³/mol. The molecule has 4 rings (SSSR count). The molecule has 1 saturated carbocycles. The Morgan fingerprint density at radius 3 is 2.54 bits per heavy atom. The van der Waals surface area contributed by atoms with Crippen LogP contribution in [0.5, 0.6) is 0 Å². The summed E-state index contributed by atoms with van der Waals surface area (Å²) in [5.41, 5.74) is 3.30. The Labute approximate surface area is 155 Å². The number of likely N-dealkylation sites (tertiary alicyclic amines) is 1. The van der Waals surface area contributed by atoms with Crippen molar-refractivity contribution < 1.29 is 4.79 Å². The van der Waals surface area contributed by atoms with Crippen LogP contribution in [0.15, 0.2) is 30.7 Å². The van der Waals surface area contributed by atoms with Gasteiger partial charge in [-0.1, -0.05) is 19.3 Å². The van der Waals surface area contributed by atoms with Gasteiger partial charge in [0.05, 0.1) is 11.7 Å². The number of aryl methyl sites for hydroxylation is 1. The maximum Gasteiger partial charge on any atom is 0.226 e. The van der Waals surface area contributed by atoms with E-state index in [1.165, 1.54) is 19.3 Å². The number of rotatable bonds is 3. The molecule has 1 aliphatic heterocycles. The van der Waals surface area contributed by atoms with Crippen molar-refractivity contribution >= 4 is 5.91 Å². The summed E-state index contributed by atoms with van der Waals surface area (Å²) in [6.45, 7) is 0.867. The lowest BCUT2D eigenvalue weighted by atomic mass is 9.86. The highest BCUT2D eigenvalue weighted by molar-refractivity contribution is 5.80. The van der Waals surface area contributed by atoms with Crippen LogP contribution in [0, 0.1) is 5.92 Å². The van der Waals surface area contributed by atoms with Gasteiger partial charge in [0.2, 0.25) is 5.91 Å². The zero-order valence-electron chi connectivity index (χ0n) is 15.6. The zero-order valence-corrected chi connectivity index (χ0v) is 15.6. The summed E-state index contributed by atoms with van der Waals surface area (Å²) in [5, 5.41) is 4.79. The molecule has 0 bridgehead atoms. The maximum absolute atomic E-state index is 13.3. The molecule has 0 aromatic carbocycles. The number of hydrogen-bond donors (Lipinski definition) is 0. The summed E-state index contributed by atoms with van der Waals surface area (Å²) in [4.78, 5) is 19.6. The first-order valence-electron chi connectivity index (χ1n) is 9.98. The van der Waals surface area contributed by atoms with E-state index >= 15 is 0 Å². The molecule has 1 aliphatic carbocycles. The van der Waals surface area contributed by atoms with Crippen molar-refractivity contribution in [2.75, 3.05) is 6.54 Å². The third-order valence-electron chi connectivity index (χ3n) is 5.90. The Hall–Kier alpha value is -2.17. The van der Waals surface area contributed by atoms with Gasteiger partial charge in [0.15, 0.2) is 0 Å². The minimum Gasteiger partial charge on any atom is -0.334 e. The van der Waals surface area contributed by atoms with Crippen LogP contribution < -0.4 is 0 Å². The van der Waals surface area contributed by atoms with Gasteiger partial charge in [-0.15, -0.1) is 0 Å². The summed E-state index contributed by atoms with van der Waals surface area (Å²) in [6.07, 6.45) is 14.8. The van der Waals surface area contributed by atoms with Crippen molar-refractivity contribution in [3.63, 3.8) is 0 Å². The van der Waals surface area contributed by atoms with Crippen LogP contribution in [0.1, 0.15) is 63.1 Å². The van der Waals surface area contributed by atoms with Crippen molar-refractivity contribution in [3.8, 4) is 11.1 Å². The quantitative estimate of drug-likeness (QED) is 0.835. The highest BCUT2D eigenvalue weighted by atomic mass is 16.2. The van der Waals surface area contributed by atoms with Crippen molar-refractivity contribution in [3.05, 3.63) is 36.4 Å². The molecule has 0 N–H and O–H groups in total. The van der Waals surface area contributed by atoms with Crippen LogP contribution in [-0.2, 0) is 11.8 Å². The SMILES string of the molecule is Cn1cc(-c2ccncc2)c([C@H]2CCCCN2C(=O)C2CCCCC2)n1. The summed E-state index contributed by atoms with van der Waals surface area (Å²) < 4.78 is 1.88. The standard InChI is InChI=1S/C21H28N4O/c1-24-15-18(16-10-12-22-13-11-16)20(23-24)19-9-5-6-14-25(19)21(26)17-7-3-2-4-8-17/h10-13,15,17,19H,2-9,14H2,1H3/t19-/m1/s1. The molecule has 0 unspecified atom stereocenters. The predicted octanol–water partition coefficient (Wildman–Crippen LogP) is 4.12. The monoisotopic (exact) mass is 352 g/mol. The van der Waals surface area contributed by atoms with Crippen LogP contribution in [-0.4, -0.2) is 32.1 Å². The van der Waals surface area contributed by atoms with Crippen LogP contribution in [0.4, 0.5) is 0 Å². The minimum absolute atomic E-state index is 0.0996. The molecule has 0 spiro atoms. The number of nitrogens with zero attached hydrogens (tertiary/aromatic N) is 4. The molecule has 2 aromatic rings. The molecule has 1 atom stereocenters. The molecule has 0 radical (unpaired) electrons. The lowest BCUT2D eigenvalue weighted by molar-refractivity contribution is -0.140. The van der Waals surface area contributed by atoms with Gasteiger partial charge in [-0.2, -0.15) is 5.10 Å². The second kappa shape index (κ2) is 7.60. The summed E-state index contributed by atoms with van der Waals surface area (Å²) in [6, 6.07) is 4.15. The zero-order chi connectivity index (χ0) is 17.9. The van der Waals surface area contributed by atoms with E-state index in [2.05, 4.69) is 16.1 Å². The third-order valence-corrected chi connectivity index (χ3v) is 5.90. The van der Waals surface area contributed by atoms with Crippen molar-refractivity contribution in [2.24, 2.45) is 13.0 Å². The molecule has 5 heteroatoms. The molecule has 2 aromatic heterocycles. The Balaban J connectivity index is 1.66. The van der Waals surface area contributed by atoms with E-state index in [0.29, 0.717) is 5.91 Å². The number of piperidine rings is 1. The Morgan fingerprint density at radius 2 is 1.77 bits per heavy atom. The van der Waals surface area contributed by atoms with Crippen molar-refractivity contribution in [1.29, 1.82) is 0 Å². The second-order valence-electron chi connectivity index (χ2n) is 7.72. The van der Waals surface area contributed by atoms with Crippen molar-refractivity contribution in [2.45, 2.75) is 57.4 Å². The smallest absolute Gasteiger partial charge is 0.226 e. The van der Waals surface area contributed by atoms with Gasteiger partial charge in [-0.3, -0.25) is 14.5 Å². The lowest BCUT2D eigenvalue weighted by Gasteiger charge is -2.38. The van der Waals surface area contributed by atoms with Gasteiger partial charge in [-0.05, 0) is 49.8 Å². The van der Waals surface area contributed by atoms with E-state index in [1.807, 2.05) is 36.3 Å². The van der Waals surface area contributed by atoms with E-state index in [9.17, 15) is 4.79 Å². The van der Waals surface area contributed by atoms with Gasteiger partial charge in [0.1, 0.15) is 0 Å². The fourth-order valence-corrected chi connectivity index (χ4v) is 4.57. The first kappa shape index (κ1) is 17.3. The lowest BCUT2D eigenvalue weighted by Crippen LogP contribution is -2.42. The van der Waals surface area contributed by atoms with Gasteiger partial charge in [0.25, 0.3) is 0 Å². The highest BCUT2D eigenvalue weighted by Gasteiger charge is 2.35. The Kier molecular flexibility index (Phi) is 5.05. The molecule has 5 nitrogen and oxygen atoms in total. The fourth-order valence-electron chi connectivity index (χ4n) is 4.57. The summed E-state index contributed by atoms with van der Waals surface area (Å²) in [7, 11) is 1.96. The number of aromatic nitrogens is 3. The Bertz CT molecular complexity index is 749. The normalized spacial score (nSPS) is 21.7. The van der Waals surface area contributed by atoms with E-state index in [4.69, 9.17) is 5.10 Å². The highest BCUT2D eigenvalue weighted by Crippen LogP contribution is 2.38. The molecule has 1 amide bonds. The van der Waals surface area contributed by atoms with Crippen LogP contribution in [0.3, 0.4) is 0 Å². The minimum atomic E-state index is 0.0996. The first-order chi connectivity index (χ1) is 12.7. The maximum atomic E-state index is 13.3. The average molecular weight is 352 g/mol. The molecule has 138 valence electrons. The third kappa shape index (κ3) is 3.39. The molecular weight excluding hydrogens is 324 g/mol.